The molecule has 0 saturated carbocycles. The number of methoxy groups -OCH3 is 1. The van der Waals surface area contributed by atoms with Gasteiger partial charge in [0.2, 0.25) is 0 Å². The maximum absolute atomic E-state index is 12.7. The van der Waals surface area contributed by atoms with Gasteiger partial charge >= 0.3 is 0 Å². The number of benzene rings is 3. The largest absolute Gasteiger partial charge is 0.385 e. The van der Waals surface area contributed by atoms with Crippen molar-refractivity contribution in [2.45, 2.75) is 11.3 Å². The van der Waals surface area contributed by atoms with Gasteiger partial charge in [-0.1, -0.05) is 42.5 Å². The highest BCUT2D eigenvalue weighted by molar-refractivity contribution is 7.92. The van der Waals surface area contributed by atoms with Gasteiger partial charge in [0, 0.05) is 31.5 Å². The van der Waals surface area contributed by atoms with Crippen LogP contribution in [0.15, 0.2) is 83.8 Å². The predicted molar refractivity (Wildman–Crippen MR) is 118 cm³/mol. The number of carbonyl (C=O) groups is 1. The smallest absolute Gasteiger partial charge is 0.261 e. The van der Waals surface area contributed by atoms with Crippen molar-refractivity contribution < 1.29 is 17.9 Å². The molecular formula is C23H24N2O4S. The summed E-state index contributed by atoms with van der Waals surface area (Å²) in [5.74, 6) is -0.211. The Morgan fingerprint density at radius 1 is 0.867 bits per heavy atom. The molecule has 6 nitrogen and oxygen atoms in total. The van der Waals surface area contributed by atoms with Crippen molar-refractivity contribution in [1.29, 1.82) is 0 Å². The van der Waals surface area contributed by atoms with Crippen LogP contribution in [0.1, 0.15) is 16.8 Å². The molecule has 30 heavy (non-hydrogen) atoms. The molecule has 3 rings (SSSR count). The normalized spacial score (nSPS) is 11.1. The van der Waals surface area contributed by atoms with E-state index in [0.29, 0.717) is 24.4 Å². The van der Waals surface area contributed by atoms with E-state index in [-0.39, 0.29) is 10.8 Å². The molecule has 0 saturated heterocycles. The number of anilines is 1. The third kappa shape index (κ3) is 5.68. The number of sulfonamides is 1. The fourth-order valence-electron chi connectivity index (χ4n) is 2.88. The number of hydrogen-bond acceptors (Lipinski definition) is 4. The first-order chi connectivity index (χ1) is 14.5. The van der Waals surface area contributed by atoms with Crippen LogP contribution in [0.3, 0.4) is 0 Å². The Hall–Kier alpha value is -3.16. The number of amides is 1. The van der Waals surface area contributed by atoms with Crippen LogP contribution < -0.4 is 10.0 Å². The van der Waals surface area contributed by atoms with Crippen LogP contribution in [0, 0.1) is 0 Å². The lowest BCUT2D eigenvalue weighted by Gasteiger charge is -2.10. The lowest BCUT2D eigenvalue weighted by molar-refractivity contribution is 0.0948. The molecule has 0 unspecified atom stereocenters. The van der Waals surface area contributed by atoms with E-state index in [0.717, 1.165) is 17.5 Å². The Kier molecular flexibility index (Phi) is 7.21. The average Bonchev–Trinajstić information content (AvgIpc) is 2.77. The molecule has 0 bridgehead atoms. The van der Waals surface area contributed by atoms with Gasteiger partial charge in [0.15, 0.2) is 0 Å². The monoisotopic (exact) mass is 424 g/mol. The summed E-state index contributed by atoms with van der Waals surface area (Å²) in [6.07, 6.45) is 0.725. The SMILES string of the molecule is COCCCNC(=O)c1ccc(NS(=O)(=O)c2ccc(-c3ccccc3)cc2)cc1. The zero-order valence-corrected chi connectivity index (χ0v) is 17.5. The van der Waals surface area contributed by atoms with Crippen molar-refractivity contribution in [3.63, 3.8) is 0 Å². The Balaban J connectivity index is 1.64. The number of nitrogens with one attached hydrogen (secondary N) is 2. The Morgan fingerprint density at radius 2 is 1.50 bits per heavy atom. The van der Waals surface area contributed by atoms with E-state index in [4.69, 9.17) is 4.74 Å². The fraction of sp³-hybridized carbons (Fsp3) is 0.174. The summed E-state index contributed by atoms with van der Waals surface area (Å²) < 4.78 is 32.8. The lowest BCUT2D eigenvalue weighted by atomic mass is 10.1. The molecule has 0 aliphatic heterocycles. The van der Waals surface area contributed by atoms with E-state index >= 15 is 0 Å². The standard InChI is InChI=1S/C23H24N2O4S/c1-29-17-5-16-24-23(26)20-8-12-21(13-9-20)25-30(27,28)22-14-10-19(11-15-22)18-6-3-2-4-7-18/h2-4,6-15,25H,5,16-17H2,1H3,(H,24,26). The second-order valence-electron chi connectivity index (χ2n) is 6.68. The summed E-state index contributed by atoms with van der Waals surface area (Å²) in [6, 6.07) is 22.8. The number of carbonyl (C=O) groups excluding carboxylic acids is 1. The second-order valence-corrected chi connectivity index (χ2v) is 8.36. The van der Waals surface area contributed by atoms with Gasteiger partial charge in [-0.3, -0.25) is 9.52 Å². The zero-order chi connectivity index (χ0) is 21.4. The quantitative estimate of drug-likeness (QED) is 0.510. The van der Waals surface area contributed by atoms with E-state index in [1.165, 1.54) is 0 Å². The molecule has 7 heteroatoms. The fourth-order valence-corrected chi connectivity index (χ4v) is 3.94. The molecule has 3 aromatic rings. The molecule has 0 atom stereocenters. The molecule has 0 aromatic heterocycles. The first kappa shape index (κ1) is 21.5. The van der Waals surface area contributed by atoms with Crippen LogP contribution in [0.2, 0.25) is 0 Å². The summed E-state index contributed by atoms with van der Waals surface area (Å²) in [7, 11) is -2.12. The molecule has 1 amide bonds. The van der Waals surface area contributed by atoms with Crippen LogP contribution in [0.25, 0.3) is 11.1 Å². The molecular weight excluding hydrogens is 400 g/mol. The average molecular weight is 425 g/mol. The third-order valence-electron chi connectivity index (χ3n) is 4.48. The Bertz CT molecular complexity index is 1060. The number of ether oxygens (including phenoxy) is 1. The van der Waals surface area contributed by atoms with E-state index in [1.54, 1.807) is 55.6 Å². The highest BCUT2D eigenvalue weighted by Crippen LogP contribution is 2.22. The maximum atomic E-state index is 12.7. The van der Waals surface area contributed by atoms with Crippen molar-refractivity contribution in [3.05, 3.63) is 84.4 Å². The van der Waals surface area contributed by atoms with Gasteiger partial charge in [0.25, 0.3) is 15.9 Å². The van der Waals surface area contributed by atoms with Crippen LogP contribution in [0.4, 0.5) is 5.69 Å². The first-order valence-electron chi connectivity index (χ1n) is 9.55. The van der Waals surface area contributed by atoms with E-state index in [2.05, 4.69) is 10.0 Å². The van der Waals surface area contributed by atoms with Crippen molar-refractivity contribution in [1.82, 2.24) is 5.32 Å². The minimum absolute atomic E-state index is 0.169. The van der Waals surface area contributed by atoms with Gasteiger partial charge in [-0.15, -0.1) is 0 Å². The Labute approximate surface area is 177 Å². The topological polar surface area (TPSA) is 84.5 Å². The molecule has 2 N–H and O–H groups in total. The molecule has 0 aliphatic rings. The van der Waals surface area contributed by atoms with Crippen LogP contribution in [0.5, 0.6) is 0 Å². The summed E-state index contributed by atoms with van der Waals surface area (Å²) >= 11 is 0. The lowest BCUT2D eigenvalue weighted by Crippen LogP contribution is -2.25. The highest BCUT2D eigenvalue weighted by Gasteiger charge is 2.15. The highest BCUT2D eigenvalue weighted by atomic mass is 32.2. The summed E-state index contributed by atoms with van der Waals surface area (Å²) in [5.41, 5.74) is 2.81. The van der Waals surface area contributed by atoms with Crippen LogP contribution in [-0.2, 0) is 14.8 Å². The molecule has 0 fully saturated rings. The van der Waals surface area contributed by atoms with Crippen molar-refractivity contribution in [2.24, 2.45) is 0 Å². The number of rotatable bonds is 9. The van der Waals surface area contributed by atoms with Gasteiger partial charge in [-0.2, -0.15) is 0 Å². The maximum Gasteiger partial charge on any atom is 0.261 e. The minimum atomic E-state index is -3.73. The minimum Gasteiger partial charge on any atom is -0.385 e. The summed E-state index contributed by atoms with van der Waals surface area (Å²) in [6.45, 7) is 1.09. The van der Waals surface area contributed by atoms with Crippen LogP contribution in [-0.4, -0.2) is 34.6 Å². The van der Waals surface area contributed by atoms with Gasteiger partial charge < -0.3 is 10.1 Å². The molecule has 0 heterocycles. The number of hydrogen-bond donors (Lipinski definition) is 2. The first-order valence-corrected chi connectivity index (χ1v) is 11.0. The van der Waals surface area contributed by atoms with Gasteiger partial charge in [0.1, 0.15) is 0 Å². The molecule has 3 aromatic carbocycles. The summed E-state index contributed by atoms with van der Waals surface area (Å²) in [4.78, 5) is 12.3. The van der Waals surface area contributed by atoms with Crippen molar-refractivity contribution >= 4 is 21.6 Å². The van der Waals surface area contributed by atoms with Gasteiger partial charge in [-0.05, 0) is 53.9 Å². The Morgan fingerprint density at radius 3 is 2.13 bits per heavy atom. The molecule has 0 aliphatic carbocycles. The van der Waals surface area contributed by atoms with E-state index < -0.39 is 10.0 Å². The second kappa shape index (κ2) is 10.0. The predicted octanol–water partition coefficient (Wildman–Crippen LogP) is 3.92. The van der Waals surface area contributed by atoms with Crippen molar-refractivity contribution in [3.8, 4) is 11.1 Å². The third-order valence-corrected chi connectivity index (χ3v) is 5.88. The van der Waals surface area contributed by atoms with Gasteiger partial charge in [-0.25, -0.2) is 8.42 Å². The van der Waals surface area contributed by atoms with Crippen LogP contribution >= 0.6 is 0 Å². The summed E-state index contributed by atoms with van der Waals surface area (Å²) in [5, 5.41) is 2.79. The zero-order valence-electron chi connectivity index (χ0n) is 16.7. The van der Waals surface area contributed by atoms with E-state index in [9.17, 15) is 13.2 Å². The van der Waals surface area contributed by atoms with E-state index in [1.807, 2.05) is 30.3 Å². The molecule has 0 spiro atoms. The molecule has 156 valence electrons. The van der Waals surface area contributed by atoms with Crippen molar-refractivity contribution in [2.75, 3.05) is 25.0 Å². The van der Waals surface area contributed by atoms with Gasteiger partial charge in [0.05, 0.1) is 4.90 Å². The molecule has 0 radical (unpaired) electrons.